The molecule has 0 spiro atoms. The van der Waals surface area contributed by atoms with E-state index in [1.807, 2.05) is 37.1 Å². The van der Waals surface area contributed by atoms with E-state index < -0.39 is 34.1 Å². The lowest BCUT2D eigenvalue weighted by Crippen LogP contribution is -2.58. The highest BCUT2D eigenvalue weighted by molar-refractivity contribution is 7.89. The van der Waals surface area contributed by atoms with Crippen LogP contribution in [0.3, 0.4) is 0 Å². The number of H-pyrrole nitrogens is 1. The summed E-state index contributed by atoms with van der Waals surface area (Å²) >= 11 is 0. The zero-order valence-corrected chi connectivity index (χ0v) is 38.0. The molecule has 1 saturated carbocycles. The van der Waals surface area contributed by atoms with Crippen LogP contribution in [0.5, 0.6) is 23.0 Å². The molecule has 344 valence electrons. The number of sulfonamides is 1. The highest BCUT2D eigenvalue weighted by Gasteiger charge is 2.54. The van der Waals surface area contributed by atoms with Gasteiger partial charge in [-0.15, -0.1) is 0 Å². The first-order valence-corrected chi connectivity index (χ1v) is 22.0. The van der Waals surface area contributed by atoms with Crippen molar-refractivity contribution in [2.45, 2.75) is 49.3 Å². The Labute approximate surface area is 374 Å². The number of aromatic nitrogens is 1. The molecule has 1 aromatic heterocycles. The van der Waals surface area contributed by atoms with E-state index in [-0.39, 0.29) is 34.3 Å². The molecule has 0 amide bonds. The van der Waals surface area contributed by atoms with Gasteiger partial charge in [-0.25, -0.2) is 18.4 Å². The molecule has 5 N–H and O–H groups in total. The van der Waals surface area contributed by atoms with E-state index in [2.05, 4.69) is 35.0 Å². The number of benzene rings is 4. The van der Waals surface area contributed by atoms with Crippen molar-refractivity contribution in [1.82, 2.24) is 9.88 Å². The smallest absolute Gasteiger partial charge is 0.338 e. The number of fused-ring (bicyclic) bond motifs is 6. The number of esters is 2. The van der Waals surface area contributed by atoms with E-state index in [1.165, 1.54) is 74.9 Å². The number of methoxy groups -OCH3 is 6. The standard InChI is InChI=1S/C33H40N2O9.C7H8.C6H8N2O2S.CH2O/c1-38-19-7-8-20-21-9-10-35-16-18-13-27(44-32(36)17-11-25(39-2)30(41-4)26(12-17)40-3)31(42-5)28(33(37)43-6)22(18)15-24(35)29(21)34-23(20)14-19;1-7-5-3-2-4-6-7;7-5-1-3-6(4-2-5)11(8,9)10;1-2/h7-8,11-12,14,18,22,24,27-28,31,34H,9-10,13,15-16H2,1-6H3;2-6H,1H3;1-4H,7H2,(H2,8,9,10);1H2/t18-,22+,24-,27-,28+,31+;;;/m1.../s1. The number of nitrogens with zero attached hydrogens (tertiary/aromatic N) is 1. The molecule has 0 unspecified atom stereocenters. The predicted molar refractivity (Wildman–Crippen MR) is 241 cm³/mol. The highest BCUT2D eigenvalue weighted by atomic mass is 32.2. The summed E-state index contributed by atoms with van der Waals surface area (Å²) in [6.45, 7) is 5.77. The fraction of sp³-hybridized carbons (Fsp3) is 0.383. The lowest BCUT2D eigenvalue weighted by atomic mass is 9.63. The van der Waals surface area contributed by atoms with E-state index in [4.69, 9.17) is 48.8 Å². The van der Waals surface area contributed by atoms with E-state index in [0.717, 1.165) is 37.2 Å². The number of carbonyl (C=O) groups excluding carboxylic acids is 3. The van der Waals surface area contributed by atoms with E-state index in [0.29, 0.717) is 29.4 Å². The molecule has 4 aromatic carbocycles. The summed E-state index contributed by atoms with van der Waals surface area (Å²) in [5.74, 6) is 0.441. The third-order valence-electron chi connectivity index (χ3n) is 11.9. The van der Waals surface area contributed by atoms with Crippen LogP contribution in [-0.4, -0.2) is 105 Å². The van der Waals surface area contributed by atoms with Crippen LogP contribution in [0.4, 0.5) is 5.69 Å². The van der Waals surface area contributed by atoms with Crippen LogP contribution in [0.15, 0.2) is 89.8 Å². The zero-order chi connectivity index (χ0) is 46.7. The number of nitrogens with two attached hydrogens (primary N) is 2. The second-order valence-corrected chi connectivity index (χ2v) is 17.0. The molecule has 5 aromatic rings. The molecule has 0 radical (unpaired) electrons. The predicted octanol–water partition coefficient (Wildman–Crippen LogP) is 5.90. The first kappa shape index (κ1) is 48.9. The van der Waals surface area contributed by atoms with Gasteiger partial charge in [0, 0.05) is 48.5 Å². The number of rotatable bonds is 9. The third-order valence-corrected chi connectivity index (χ3v) is 12.8. The van der Waals surface area contributed by atoms with Crippen molar-refractivity contribution in [3.63, 3.8) is 0 Å². The van der Waals surface area contributed by atoms with Crippen LogP contribution in [0.1, 0.15) is 46.1 Å². The first-order chi connectivity index (χ1) is 30.7. The van der Waals surface area contributed by atoms with Crippen molar-refractivity contribution in [1.29, 1.82) is 0 Å². The second-order valence-electron chi connectivity index (χ2n) is 15.5. The summed E-state index contributed by atoms with van der Waals surface area (Å²) in [4.78, 5) is 41.2. The third kappa shape index (κ3) is 11.0. The van der Waals surface area contributed by atoms with Gasteiger partial charge in [-0.3, -0.25) is 9.69 Å². The van der Waals surface area contributed by atoms with Crippen LogP contribution < -0.4 is 29.8 Å². The minimum absolute atomic E-state index is 0.0170. The first-order valence-electron chi connectivity index (χ1n) is 20.5. The van der Waals surface area contributed by atoms with E-state index >= 15 is 0 Å². The lowest BCUT2D eigenvalue weighted by molar-refractivity contribution is -0.176. The van der Waals surface area contributed by atoms with Crippen molar-refractivity contribution in [2.24, 2.45) is 22.9 Å². The number of hydrogen-bond donors (Lipinski definition) is 3. The molecular formula is C47H58N4O12S. The maximum atomic E-state index is 13.5. The van der Waals surface area contributed by atoms with Gasteiger partial charge in [0.25, 0.3) is 0 Å². The molecule has 3 aliphatic rings. The number of hydrogen-bond acceptors (Lipinski definition) is 14. The van der Waals surface area contributed by atoms with Crippen LogP contribution >= 0.6 is 0 Å². The van der Waals surface area contributed by atoms with Gasteiger partial charge >= 0.3 is 11.9 Å². The quantitative estimate of drug-likeness (QED) is 0.116. The summed E-state index contributed by atoms with van der Waals surface area (Å²) in [5, 5.41) is 6.05. The van der Waals surface area contributed by atoms with E-state index in [9.17, 15) is 18.0 Å². The Hall–Kier alpha value is -6.14. The molecular weight excluding hydrogens is 845 g/mol. The Morgan fingerprint density at radius 1 is 0.828 bits per heavy atom. The monoisotopic (exact) mass is 902 g/mol. The van der Waals surface area contributed by atoms with Crippen molar-refractivity contribution >= 4 is 45.3 Å². The Morgan fingerprint density at radius 2 is 1.48 bits per heavy atom. The maximum Gasteiger partial charge on any atom is 0.338 e. The van der Waals surface area contributed by atoms with Crippen molar-refractivity contribution < 1.29 is 56.0 Å². The van der Waals surface area contributed by atoms with Crippen LogP contribution in [0.2, 0.25) is 0 Å². The minimum Gasteiger partial charge on any atom is -0.497 e. The molecule has 2 fully saturated rings. The van der Waals surface area contributed by atoms with Gasteiger partial charge in [0.15, 0.2) is 11.5 Å². The molecule has 17 heteroatoms. The Balaban J connectivity index is 0.000000317. The van der Waals surface area contributed by atoms with Gasteiger partial charge in [0.05, 0.1) is 58.0 Å². The van der Waals surface area contributed by atoms with Gasteiger partial charge in [-0.1, -0.05) is 35.9 Å². The maximum absolute atomic E-state index is 13.5. The number of piperidine rings is 1. The summed E-state index contributed by atoms with van der Waals surface area (Å²) in [6, 6.07) is 25.4. The molecule has 6 atom stereocenters. The van der Waals surface area contributed by atoms with Gasteiger partial charge in [-0.05, 0) is 92.1 Å². The number of carbonyl (C=O) groups is 3. The number of ether oxygens (including phenoxy) is 7. The van der Waals surface area contributed by atoms with Gasteiger partial charge in [0.2, 0.25) is 15.8 Å². The summed E-state index contributed by atoms with van der Waals surface area (Å²) in [7, 11) is 5.53. The SMILES string of the molecule is C=O.COC(=O)[C@H]1[C@H]2C[C@@H]3c4[nH]c5cc(OC)ccc5c4CCN3C[C@H]2C[C@@H](OC(=O)c2cc(OC)c(OC)c(OC)c2)[C@@H]1OC.Cc1ccccc1.Nc1ccc(S(N)(=O)=O)cc1. The van der Waals surface area contributed by atoms with Crippen molar-refractivity contribution in [2.75, 3.05) is 61.5 Å². The molecule has 8 rings (SSSR count). The van der Waals surface area contributed by atoms with Gasteiger partial charge in [0.1, 0.15) is 24.7 Å². The number of aryl methyl sites for hydroxylation is 1. The molecule has 16 nitrogen and oxygen atoms in total. The normalized spacial score (nSPS) is 20.9. The Kier molecular flexibility index (Phi) is 16.8. The molecule has 0 bridgehead atoms. The summed E-state index contributed by atoms with van der Waals surface area (Å²) in [5.41, 5.74) is 11.0. The number of nitrogen functional groups attached to an aromatic ring is 1. The zero-order valence-electron chi connectivity index (χ0n) is 37.2. The molecule has 1 aliphatic carbocycles. The number of primary sulfonamides is 1. The average Bonchev–Trinajstić information content (AvgIpc) is 3.69. The number of aromatic amines is 1. The topological polar surface area (TPSA) is 221 Å². The summed E-state index contributed by atoms with van der Waals surface area (Å²) < 4.78 is 60.5. The lowest BCUT2D eigenvalue weighted by Gasteiger charge is -2.52. The number of anilines is 1. The van der Waals surface area contributed by atoms with E-state index in [1.54, 1.807) is 26.4 Å². The Morgan fingerprint density at radius 3 is 2.02 bits per heavy atom. The van der Waals surface area contributed by atoms with Crippen LogP contribution in [0.25, 0.3) is 10.9 Å². The Bertz CT molecular complexity index is 2440. The largest absolute Gasteiger partial charge is 0.497 e. The fourth-order valence-corrected chi connectivity index (χ4v) is 9.47. The molecule has 64 heavy (non-hydrogen) atoms. The average molecular weight is 903 g/mol. The second kappa shape index (κ2) is 22.0. The van der Waals surface area contributed by atoms with Crippen LogP contribution in [0, 0.1) is 24.7 Å². The fourth-order valence-electron chi connectivity index (χ4n) is 8.95. The minimum atomic E-state index is -3.58. The number of nitrogens with one attached hydrogen (secondary N) is 1. The van der Waals surface area contributed by atoms with Crippen LogP contribution in [-0.2, 0) is 40.2 Å². The summed E-state index contributed by atoms with van der Waals surface area (Å²) in [6.07, 6.45) is 0.920. The van der Waals surface area contributed by atoms with Gasteiger partial charge in [-0.2, -0.15) is 0 Å². The molecule has 3 heterocycles. The van der Waals surface area contributed by atoms with Gasteiger partial charge < -0.3 is 48.7 Å². The van der Waals surface area contributed by atoms with Crippen molar-refractivity contribution in [3.8, 4) is 23.0 Å². The molecule has 2 aliphatic heterocycles. The molecule has 1 saturated heterocycles. The highest BCUT2D eigenvalue weighted by Crippen LogP contribution is 2.51. The van der Waals surface area contributed by atoms with Crippen molar-refractivity contribution in [3.05, 3.63) is 107 Å².